The molecule has 88 valence electrons. The fourth-order valence-corrected chi connectivity index (χ4v) is 2.91. The van der Waals surface area contributed by atoms with E-state index in [2.05, 4.69) is 23.0 Å². The number of fused-ring (bicyclic) bond motifs is 1. The Labute approximate surface area is 97.3 Å². The van der Waals surface area contributed by atoms with Gasteiger partial charge in [-0.2, -0.15) is 0 Å². The Kier molecular flexibility index (Phi) is 2.72. The Bertz CT molecular complexity index is 363. The van der Waals surface area contributed by atoms with Crippen LogP contribution < -0.4 is 5.32 Å². The van der Waals surface area contributed by atoms with E-state index < -0.39 is 0 Å². The molecule has 2 aliphatic rings. The maximum atomic E-state index is 4.85. The summed E-state index contributed by atoms with van der Waals surface area (Å²) in [4.78, 5) is 4.85. The van der Waals surface area contributed by atoms with Crippen LogP contribution in [-0.4, -0.2) is 22.6 Å². The minimum atomic E-state index is 0.655. The average molecular weight is 219 g/mol. The number of rotatable bonds is 1. The minimum Gasteiger partial charge on any atom is -0.335 e. The van der Waals surface area contributed by atoms with Gasteiger partial charge in [0, 0.05) is 31.6 Å². The van der Waals surface area contributed by atoms with Gasteiger partial charge in [0.15, 0.2) is 0 Å². The first-order valence-corrected chi connectivity index (χ1v) is 6.59. The molecule has 3 nitrogen and oxygen atoms in total. The van der Waals surface area contributed by atoms with E-state index in [9.17, 15) is 0 Å². The van der Waals surface area contributed by atoms with Gasteiger partial charge in [0.05, 0.1) is 5.69 Å². The molecule has 0 aliphatic carbocycles. The van der Waals surface area contributed by atoms with Gasteiger partial charge >= 0.3 is 0 Å². The Morgan fingerprint density at radius 1 is 1.44 bits per heavy atom. The van der Waals surface area contributed by atoms with Crippen LogP contribution in [-0.2, 0) is 13.0 Å². The molecule has 1 aromatic heterocycles. The number of nitrogens with zero attached hydrogens (tertiary/aromatic N) is 2. The number of imidazole rings is 1. The van der Waals surface area contributed by atoms with Crippen LogP contribution in [0.3, 0.4) is 0 Å². The van der Waals surface area contributed by atoms with E-state index in [-0.39, 0.29) is 0 Å². The van der Waals surface area contributed by atoms with E-state index >= 15 is 0 Å². The number of nitrogens with one attached hydrogen (secondary N) is 1. The van der Waals surface area contributed by atoms with E-state index in [1.807, 2.05) is 0 Å². The number of aromatic nitrogens is 2. The van der Waals surface area contributed by atoms with Crippen LogP contribution in [0.2, 0.25) is 0 Å². The molecular formula is C13H21N3. The summed E-state index contributed by atoms with van der Waals surface area (Å²) in [7, 11) is 0. The predicted molar refractivity (Wildman–Crippen MR) is 64.6 cm³/mol. The Morgan fingerprint density at radius 2 is 2.38 bits per heavy atom. The van der Waals surface area contributed by atoms with Gasteiger partial charge in [-0.05, 0) is 31.7 Å². The van der Waals surface area contributed by atoms with E-state index in [1.54, 1.807) is 0 Å². The second kappa shape index (κ2) is 4.21. The first kappa shape index (κ1) is 10.3. The lowest BCUT2D eigenvalue weighted by Gasteiger charge is -2.20. The second-order valence-corrected chi connectivity index (χ2v) is 5.42. The number of aryl methyl sites for hydroxylation is 1. The van der Waals surface area contributed by atoms with Gasteiger partial charge < -0.3 is 9.88 Å². The zero-order valence-corrected chi connectivity index (χ0v) is 10.1. The highest BCUT2D eigenvalue weighted by Crippen LogP contribution is 2.26. The van der Waals surface area contributed by atoms with Crippen LogP contribution in [0.5, 0.6) is 0 Å². The lowest BCUT2D eigenvalue weighted by molar-refractivity contribution is 0.409. The van der Waals surface area contributed by atoms with Crippen molar-refractivity contribution in [2.75, 3.05) is 13.1 Å². The smallest absolute Gasteiger partial charge is 0.109 e. The third-order valence-electron chi connectivity index (χ3n) is 3.99. The lowest BCUT2D eigenvalue weighted by Crippen LogP contribution is -2.28. The zero-order chi connectivity index (χ0) is 11.0. The zero-order valence-electron chi connectivity index (χ0n) is 10.1. The van der Waals surface area contributed by atoms with Crippen molar-refractivity contribution in [3.8, 4) is 0 Å². The van der Waals surface area contributed by atoms with Crippen molar-refractivity contribution in [1.82, 2.24) is 14.9 Å². The SMILES string of the molecule is CC1CCn2cc(C3CCCNC3)nc2C1. The van der Waals surface area contributed by atoms with Crippen molar-refractivity contribution in [3.05, 3.63) is 17.7 Å². The molecular weight excluding hydrogens is 198 g/mol. The van der Waals surface area contributed by atoms with Crippen LogP contribution in [0.4, 0.5) is 0 Å². The summed E-state index contributed by atoms with van der Waals surface area (Å²) in [6, 6.07) is 0. The van der Waals surface area contributed by atoms with E-state index in [0.29, 0.717) is 5.92 Å². The summed E-state index contributed by atoms with van der Waals surface area (Å²) in [5.74, 6) is 2.79. The Balaban J connectivity index is 1.80. The van der Waals surface area contributed by atoms with Gasteiger partial charge in [-0.3, -0.25) is 0 Å². The average Bonchev–Trinajstić information content (AvgIpc) is 2.73. The van der Waals surface area contributed by atoms with Gasteiger partial charge in [-0.1, -0.05) is 6.92 Å². The maximum absolute atomic E-state index is 4.85. The molecule has 2 atom stereocenters. The molecule has 3 heterocycles. The summed E-state index contributed by atoms with van der Waals surface area (Å²) in [5.41, 5.74) is 1.33. The van der Waals surface area contributed by atoms with Crippen LogP contribution >= 0.6 is 0 Å². The van der Waals surface area contributed by atoms with Gasteiger partial charge in [-0.15, -0.1) is 0 Å². The Morgan fingerprint density at radius 3 is 3.19 bits per heavy atom. The maximum Gasteiger partial charge on any atom is 0.109 e. The molecule has 0 bridgehead atoms. The molecule has 3 heteroatoms. The fraction of sp³-hybridized carbons (Fsp3) is 0.769. The quantitative estimate of drug-likeness (QED) is 0.782. The molecule has 1 N–H and O–H groups in total. The summed E-state index contributed by atoms with van der Waals surface area (Å²) >= 11 is 0. The molecule has 0 amide bonds. The summed E-state index contributed by atoms with van der Waals surface area (Å²) in [6.07, 6.45) is 7.38. The van der Waals surface area contributed by atoms with Gasteiger partial charge in [0.25, 0.3) is 0 Å². The van der Waals surface area contributed by atoms with Crippen LogP contribution in [0.15, 0.2) is 6.20 Å². The summed E-state index contributed by atoms with van der Waals surface area (Å²) < 4.78 is 2.38. The molecule has 16 heavy (non-hydrogen) atoms. The second-order valence-electron chi connectivity index (χ2n) is 5.42. The van der Waals surface area contributed by atoms with Crippen molar-refractivity contribution >= 4 is 0 Å². The monoisotopic (exact) mass is 219 g/mol. The molecule has 1 saturated heterocycles. The highest BCUT2D eigenvalue weighted by atomic mass is 15.1. The largest absolute Gasteiger partial charge is 0.335 e. The van der Waals surface area contributed by atoms with Gasteiger partial charge in [-0.25, -0.2) is 4.98 Å². The highest BCUT2D eigenvalue weighted by Gasteiger charge is 2.22. The normalized spacial score (nSPS) is 30.1. The first-order valence-electron chi connectivity index (χ1n) is 6.59. The van der Waals surface area contributed by atoms with E-state index in [0.717, 1.165) is 12.5 Å². The van der Waals surface area contributed by atoms with Crippen molar-refractivity contribution < 1.29 is 0 Å². The molecule has 2 unspecified atom stereocenters. The molecule has 1 fully saturated rings. The first-order chi connectivity index (χ1) is 7.83. The van der Waals surface area contributed by atoms with Crippen molar-refractivity contribution in [2.45, 2.75) is 45.1 Å². The van der Waals surface area contributed by atoms with Crippen molar-refractivity contribution in [1.29, 1.82) is 0 Å². The third-order valence-corrected chi connectivity index (χ3v) is 3.99. The topological polar surface area (TPSA) is 29.9 Å². The number of hydrogen-bond acceptors (Lipinski definition) is 2. The van der Waals surface area contributed by atoms with E-state index in [1.165, 1.54) is 50.3 Å². The fourth-order valence-electron chi connectivity index (χ4n) is 2.91. The molecule has 3 rings (SSSR count). The van der Waals surface area contributed by atoms with E-state index in [4.69, 9.17) is 4.98 Å². The Hall–Kier alpha value is -0.830. The third kappa shape index (κ3) is 1.88. The lowest BCUT2D eigenvalue weighted by atomic mass is 9.97. The number of piperidine rings is 1. The van der Waals surface area contributed by atoms with Crippen molar-refractivity contribution in [2.24, 2.45) is 5.92 Å². The molecule has 0 aromatic carbocycles. The molecule has 2 aliphatic heterocycles. The van der Waals surface area contributed by atoms with Gasteiger partial charge in [0.2, 0.25) is 0 Å². The molecule has 0 spiro atoms. The predicted octanol–water partition coefficient (Wildman–Crippen LogP) is 1.93. The molecule has 1 aromatic rings. The highest BCUT2D eigenvalue weighted by molar-refractivity contribution is 5.12. The van der Waals surface area contributed by atoms with Crippen molar-refractivity contribution in [3.63, 3.8) is 0 Å². The van der Waals surface area contributed by atoms with Crippen LogP contribution in [0.25, 0.3) is 0 Å². The minimum absolute atomic E-state index is 0.655. The molecule has 0 saturated carbocycles. The number of hydrogen-bond donors (Lipinski definition) is 1. The standard InChI is InChI=1S/C13H21N3/c1-10-4-6-16-9-12(15-13(16)7-10)11-3-2-5-14-8-11/h9-11,14H,2-8H2,1H3. The van der Waals surface area contributed by atoms with Crippen LogP contribution in [0, 0.1) is 5.92 Å². The van der Waals surface area contributed by atoms with Crippen LogP contribution in [0.1, 0.15) is 43.6 Å². The van der Waals surface area contributed by atoms with Gasteiger partial charge in [0.1, 0.15) is 5.82 Å². The molecule has 0 radical (unpaired) electrons. The summed E-state index contributed by atoms with van der Waals surface area (Å²) in [5, 5.41) is 3.47. The summed E-state index contributed by atoms with van der Waals surface area (Å²) in [6.45, 7) is 5.80.